The Morgan fingerprint density at radius 1 is 0.955 bits per heavy atom. The van der Waals surface area contributed by atoms with E-state index in [1.54, 1.807) is 19.1 Å². The first-order valence-corrected chi connectivity index (χ1v) is 7.80. The molecule has 0 aliphatic carbocycles. The summed E-state index contributed by atoms with van der Waals surface area (Å²) >= 11 is 0. The highest BCUT2D eigenvalue weighted by atomic mass is 32.2. The molecule has 0 unspecified atom stereocenters. The Hall–Kier alpha value is -2.51. The van der Waals surface area contributed by atoms with Crippen molar-refractivity contribution in [3.05, 3.63) is 59.2 Å². The predicted molar refractivity (Wildman–Crippen MR) is 78.6 cm³/mol. The van der Waals surface area contributed by atoms with Crippen LogP contribution in [0.4, 0.5) is 5.69 Å². The van der Waals surface area contributed by atoms with Crippen LogP contribution in [0.5, 0.6) is 0 Å². The third-order valence-electron chi connectivity index (χ3n) is 3.51. The summed E-state index contributed by atoms with van der Waals surface area (Å²) in [5, 5.41) is 0. The molecule has 0 fully saturated rings. The van der Waals surface area contributed by atoms with Gasteiger partial charge in [-0.05, 0) is 36.8 Å². The van der Waals surface area contributed by atoms with Crippen LogP contribution >= 0.6 is 0 Å². The van der Waals surface area contributed by atoms with Crippen LogP contribution in [0.25, 0.3) is 0 Å². The fourth-order valence-electron chi connectivity index (χ4n) is 2.40. The maximum atomic E-state index is 12.4. The van der Waals surface area contributed by atoms with Crippen molar-refractivity contribution >= 4 is 27.6 Å². The van der Waals surface area contributed by atoms with Crippen molar-refractivity contribution in [3.8, 4) is 0 Å². The van der Waals surface area contributed by atoms with Gasteiger partial charge in [0.15, 0.2) is 0 Å². The van der Waals surface area contributed by atoms with Crippen molar-refractivity contribution in [2.45, 2.75) is 11.8 Å². The lowest BCUT2D eigenvalue weighted by Crippen LogP contribution is -2.30. The lowest BCUT2D eigenvalue weighted by molar-refractivity contribution is 0.0925. The van der Waals surface area contributed by atoms with Crippen molar-refractivity contribution in [2.24, 2.45) is 0 Å². The van der Waals surface area contributed by atoms with Gasteiger partial charge < -0.3 is 0 Å². The van der Waals surface area contributed by atoms with E-state index >= 15 is 0 Å². The third kappa shape index (κ3) is 2.11. The van der Waals surface area contributed by atoms with Gasteiger partial charge in [0.05, 0.1) is 21.7 Å². The summed E-state index contributed by atoms with van der Waals surface area (Å²) in [6, 6.07) is 10.1. The van der Waals surface area contributed by atoms with E-state index < -0.39 is 21.9 Å². The summed E-state index contributed by atoms with van der Waals surface area (Å²) in [5.74, 6) is -1.03. The van der Waals surface area contributed by atoms with Crippen LogP contribution in [-0.2, 0) is 10.1 Å². The topological polar surface area (TPSA) is 91.8 Å². The van der Waals surface area contributed by atoms with Gasteiger partial charge in [0.1, 0.15) is 0 Å². The molecule has 112 valence electrons. The number of anilines is 1. The highest BCUT2D eigenvalue weighted by Gasteiger charge is 2.37. The number of amides is 2. The Kier molecular flexibility index (Phi) is 3.12. The van der Waals surface area contributed by atoms with Crippen molar-refractivity contribution in [1.82, 2.24) is 0 Å². The molecule has 1 heterocycles. The maximum absolute atomic E-state index is 12.4. The lowest BCUT2D eigenvalue weighted by atomic mass is 10.1. The van der Waals surface area contributed by atoms with Gasteiger partial charge in [-0.15, -0.1) is 0 Å². The molecule has 0 saturated carbocycles. The van der Waals surface area contributed by atoms with Crippen molar-refractivity contribution in [1.29, 1.82) is 0 Å². The van der Waals surface area contributed by atoms with Crippen molar-refractivity contribution < 1.29 is 22.6 Å². The van der Waals surface area contributed by atoms with Crippen LogP contribution in [-0.4, -0.2) is 24.8 Å². The number of hydrogen-bond donors (Lipinski definition) is 1. The highest BCUT2D eigenvalue weighted by molar-refractivity contribution is 7.85. The number of rotatable bonds is 2. The number of fused-ring (bicyclic) bond motifs is 1. The largest absolute Gasteiger partial charge is 0.294 e. The molecule has 7 heteroatoms. The van der Waals surface area contributed by atoms with Gasteiger partial charge in [0.2, 0.25) is 0 Å². The molecule has 1 aliphatic heterocycles. The molecule has 6 nitrogen and oxygen atoms in total. The Bertz CT molecular complexity index is 882. The number of aryl methyl sites for hydroxylation is 1. The van der Waals surface area contributed by atoms with Crippen LogP contribution in [0.3, 0.4) is 0 Å². The molecule has 1 N–H and O–H groups in total. The molecule has 22 heavy (non-hydrogen) atoms. The van der Waals surface area contributed by atoms with Gasteiger partial charge in [0, 0.05) is 0 Å². The van der Waals surface area contributed by atoms with E-state index in [-0.39, 0.29) is 21.7 Å². The van der Waals surface area contributed by atoms with Crippen LogP contribution in [0.1, 0.15) is 26.3 Å². The standard InChI is InChI=1S/C15H11NO5S/c1-9-6-7-10(22(19,20)21)8-13(9)16-14(17)11-4-2-3-5-12(11)15(16)18/h2-8H,1H3,(H,19,20,21). The average molecular weight is 317 g/mol. The van der Waals surface area contributed by atoms with E-state index in [1.165, 1.54) is 24.3 Å². The number of benzene rings is 2. The first-order valence-electron chi connectivity index (χ1n) is 6.36. The summed E-state index contributed by atoms with van der Waals surface area (Å²) < 4.78 is 31.7. The minimum Gasteiger partial charge on any atom is -0.282 e. The summed E-state index contributed by atoms with van der Waals surface area (Å²) in [4.78, 5) is 25.4. The molecule has 0 aromatic heterocycles. The first kappa shape index (κ1) is 14.4. The zero-order valence-corrected chi connectivity index (χ0v) is 12.3. The van der Waals surface area contributed by atoms with Gasteiger partial charge in [0.25, 0.3) is 21.9 Å². The Morgan fingerprint density at radius 3 is 2.00 bits per heavy atom. The SMILES string of the molecule is Cc1ccc(S(=O)(=O)O)cc1N1C(=O)c2ccccc2C1=O. The van der Waals surface area contributed by atoms with Gasteiger partial charge in [-0.1, -0.05) is 18.2 Å². The third-order valence-corrected chi connectivity index (χ3v) is 4.36. The number of imide groups is 1. The van der Waals surface area contributed by atoms with Crippen LogP contribution in [0.15, 0.2) is 47.4 Å². The summed E-state index contributed by atoms with van der Waals surface area (Å²) in [6.07, 6.45) is 0. The van der Waals surface area contributed by atoms with Crippen LogP contribution < -0.4 is 4.90 Å². The smallest absolute Gasteiger partial charge is 0.282 e. The molecule has 0 atom stereocenters. The van der Waals surface area contributed by atoms with Gasteiger partial charge in [-0.2, -0.15) is 8.42 Å². The van der Waals surface area contributed by atoms with E-state index in [4.69, 9.17) is 4.55 Å². The number of nitrogens with zero attached hydrogens (tertiary/aromatic N) is 1. The van der Waals surface area contributed by atoms with E-state index in [0.29, 0.717) is 5.56 Å². The Labute approximate surface area is 126 Å². The second-order valence-electron chi connectivity index (χ2n) is 4.91. The van der Waals surface area contributed by atoms with Gasteiger partial charge in [-0.25, -0.2) is 4.90 Å². The zero-order valence-electron chi connectivity index (χ0n) is 11.5. The second-order valence-corrected chi connectivity index (χ2v) is 6.34. The van der Waals surface area contributed by atoms with Crippen molar-refractivity contribution in [2.75, 3.05) is 4.90 Å². The maximum Gasteiger partial charge on any atom is 0.294 e. The fraction of sp³-hybridized carbons (Fsp3) is 0.0667. The summed E-state index contributed by atoms with van der Waals surface area (Å²) in [7, 11) is -4.42. The first-order chi connectivity index (χ1) is 10.3. The summed E-state index contributed by atoms with van der Waals surface area (Å²) in [5.41, 5.74) is 1.22. The molecule has 0 radical (unpaired) electrons. The molecule has 3 rings (SSSR count). The molecule has 2 amide bonds. The van der Waals surface area contributed by atoms with E-state index in [9.17, 15) is 18.0 Å². The van der Waals surface area contributed by atoms with E-state index in [0.717, 1.165) is 11.0 Å². The molecule has 0 bridgehead atoms. The molecular weight excluding hydrogens is 306 g/mol. The van der Waals surface area contributed by atoms with E-state index in [2.05, 4.69) is 0 Å². The molecule has 0 saturated heterocycles. The second kappa shape index (κ2) is 4.75. The predicted octanol–water partition coefficient (Wildman–Crippen LogP) is 2.04. The normalized spacial score (nSPS) is 14.4. The molecule has 2 aromatic rings. The Morgan fingerprint density at radius 2 is 1.50 bits per heavy atom. The van der Waals surface area contributed by atoms with Gasteiger partial charge in [-0.3, -0.25) is 14.1 Å². The van der Waals surface area contributed by atoms with Crippen LogP contribution in [0, 0.1) is 6.92 Å². The van der Waals surface area contributed by atoms with Crippen LogP contribution in [0.2, 0.25) is 0 Å². The minimum absolute atomic E-state index is 0.140. The number of hydrogen-bond acceptors (Lipinski definition) is 4. The molecule has 1 aliphatic rings. The number of carbonyl (C=O) groups excluding carboxylic acids is 2. The zero-order chi connectivity index (χ0) is 16.1. The average Bonchev–Trinajstić information content (AvgIpc) is 2.71. The number of carbonyl (C=O) groups is 2. The molecular formula is C15H11NO5S. The van der Waals surface area contributed by atoms with Gasteiger partial charge >= 0.3 is 0 Å². The van der Waals surface area contributed by atoms with E-state index in [1.807, 2.05) is 0 Å². The monoisotopic (exact) mass is 317 g/mol. The molecule has 0 spiro atoms. The van der Waals surface area contributed by atoms with Crippen molar-refractivity contribution in [3.63, 3.8) is 0 Å². The Balaban J connectivity index is 2.18. The highest BCUT2D eigenvalue weighted by Crippen LogP contribution is 2.31. The lowest BCUT2D eigenvalue weighted by Gasteiger charge is -2.17. The molecule has 2 aromatic carbocycles. The fourth-order valence-corrected chi connectivity index (χ4v) is 2.90. The quantitative estimate of drug-likeness (QED) is 0.676. The minimum atomic E-state index is -4.42. The summed E-state index contributed by atoms with van der Waals surface area (Å²) in [6.45, 7) is 1.65.